The van der Waals surface area contributed by atoms with Crippen molar-refractivity contribution in [3.63, 3.8) is 0 Å². The first-order valence-corrected chi connectivity index (χ1v) is 52.8. The third kappa shape index (κ3) is 97.6. The Bertz CT molecular complexity index is 2870. The molecule has 16 nitrogen and oxygen atoms in total. The Morgan fingerprint density at radius 3 is 0.683 bits per heavy atom. The molecule has 0 amide bonds. The van der Waals surface area contributed by atoms with Crippen LogP contribution in [0.4, 0.5) is 0 Å². The molecular weight excluding hydrogens is 1580 g/mol. The summed E-state index contributed by atoms with van der Waals surface area (Å²) in [4.78, 5) is 59.1. The molecule has 0 aliphatic heterocycles. The van der Waals surface area contributed by atoms with Gasteiger partial charge < -0.3 is 34.2 Å². The van der Waals surface area contributed by atoms with Crippen LogP contribution in [-0.4, -0.2) is 95.9 Å². The van der Waals surface area contributed by atoms with Crippen LogP contribution >= 0.6 is 15.6 Å². The molecule has 0 bridgehead atoms. The number of ether oxygens (including phenoxy) is 3. The average molecular weight is 1760 g/mol. The van der Waals surface area contributed by atoms with Crippen LogP contribution in [0.1, 0.15) is 432 Å². The summed E-state index contributed by atoms with van der Waals surface area (Å²) in [7, 11) is -9.82. The number of unbranched alkanes of at least 4 members (excludes halogenated alkanes) is 45. The zero-order valence-electron chi connectivity index (χ0n) is 78.3. The number of carbonyl (C=O) groups excluding carboxylic acids is 3. The molecule has 5 unspecified atom stereocenters. The predicted molar refractivity (Wildman–Crippen MR) is 519 cm³/mol. The molecule has 708 valence electrons. The van der Waals surface area contributed by atoms with Gasteiger partial charge in [-0.3, -0.25) is 32.5 Å². The van der Waals surface area contributed by atoms with Gasteiger partial charge in [0, 0.05) is 19.3 Å². The van der Waals surface area contributed by atoms with Crippen molar-refractivity contribution >= 4 is 33.6 Å². The third-order valence-corrected chi connectivity index (χ3v) is 23.1. The van der Waals surface area contributed by atoms with E-state index in [9.17, 15) is 43.5 Å². The van der Waals surface area contributed by atoms with E-state index in [1.807, 2.05) is 0 Å². The molecule has 0 aliphatic carbocycles. The molecule has 0 aromatic heterocycles. The zero-order valence-corrected chi connectivity index (χ0v) is 80.1. The standard InChI is InChI=1S/C105H182O16P2/c1-4-7-10-13-16-19-22-25-28-31-34-37-39-41-43-45-47-49-51-53-55-57-59-62-64-67-70-73-76-79-82-85-88-91-103(108)115-94-100(106)95-117-122(111,112)118-96-101(107)97-119-123(113,114)120-99-102(121-105(110)93-90-87-84-81-78-75-72-69-66-61-36-33-30-27-24-21-18-15-12-9-6-3)98-116-104(109)92-89-86-83-80-77-74-71-68-65-63-60-58-56-54-52-50-48-46-44-42-40-38-35-32-29-26-23-20-17-14-11-8-5-2/h9,12,16-21,25-30,34-38,41-44,61,69,72,100-102,106-107H,4-8,10-11,13-15,22-24,31-33,39-40,45-60,62-68,70-71,73-99H2,1-3H3,(H,111,112)(H,113,114)/b12-9-,19-16-,20-17-,21-18-,28-25-,29-26-,30-27-,37-34-,38-35-,43-41-,44-42-,61-36-,72-69-. The minimum atomic E-state index is -4.95. The molecule has 123 heavy (non-hydrogen) atoms. The van der Waals surface area contributed by atoms with Gasteiger partial charge in [0.15, 0.2) is 6.10 Å². The van der Waals surface area contributed by atoms with Gasteiger partial charge >= 0.3 is 33.6 Å². The first-order chi connectivity index (χ1) is 60.2. The fraction of sp³-hybridized carbons (Fsp3) is 0.724. The summed E-state index contributed by atoms with van der Waals surface area (Å²) in [5, 5.41) is 20.8. The van der Waals surface area contributed by atoms with Gasteiger partial charge in [-0.15, -0.1) is 0 Å². The van der Waals surface area contributed by atoms with Gasteiger partial charge in [0.1, 0.15) is 25.4 Å². The van der Waals surface area contributed by atoms with E-state index in [1.165, 1.54) is 231 Å². The van der Waals surface area contributed by atoms with E-state index in [2.05, 4.69) is 179 Å². The largest absolute Gasteiger partial charge is 0.472 e. The molecule has 0 spiro atoms. The van der Waals surface area contributed by atoms with Crippen LogP contribution in [0.3, 0.4) is 0 Å². The lowest BCUT2D eigenvalue weighted by Crippen LogP contribution is -2.30. The number of rotatable bonds is 94. The van der Waals surface area contributed by atoms with E-state index in [0.717, 1.165) is 141 Å². The Kier molecular flexibility index (Phi) is 92.5. The number of hydrogen-bond acceptors (Lipinski definition) is 14. The second kappa shape index (κ2) is 96.3. The molecular formula is C105H182O16P2. The molecule has 0 aliphatic rings. The highest BCUT2D eigenvalue weighted by Crippen LogP contribution is 2.45. The molecule has 4 N–H and O–H groups in total. The van der Waals surface area contributed by atoms with E-state index in [1.54, 1.807) is 0 Å². The Morgan fingerprint density at radius 1 is 0.236 bits per heavy atom. The highest BCUT2D eigenvalue weighted by atomic mass is 31.2. The van der Waals surface area contributed by atoms with Crippen LogP contribution in [0.5, 0.6) is 0 Å². The van der Waals surface area contributed by atoms with Crippen LogP contribution in [0, 0.1) is 0 Å². The molecule has 0 aromatic carbocycles. The van der Waals surface area contributed by atoms with Gasteiger partial charge in [-0.1, -0.05) is 416 Å². The van der Waals surface area contributed by atoms with Gasteiger partial charge in [-0.05, 0) is 154 Å². The van der Waals surface area contributed by atoms with Crippen molar-refractivity contribution in [3.05, 3.63) is 158 Å². The molecule has 0 fully saturated rings. The molecule has 18 heteroatoms. The van der Waals surface area contributed by atoms with Gasteiger partial charge in [-0.25, -0.2) is 9.13 Å². The van der Waals surface area contributed by atoms with E-state index in [-0.39, 0.29) is 19.3 Å². The molecule has 5 atom stereocenters. The van der Waals surface area contributed by atoms with E-state index < -0.39 is 91.5 Å². The Hall–Kier alpha value is -4.83. The Balaban J connectivity index is 4.55. The summed E-state index contributed by atoms with van der Waals surface area (Å²) in [6.45, 7) is 2.56. The fourth-order valence-corrected chi connectivity index (χ4v) is 15.3. The molecule has 0 saturated heterocycles. The van der Waals surface area contributed by atoms with Crippen molar-refractivity contribution < 1.29 is 75.8 Å². The van der Waals surface area contributed by atoms with Crippen LogP contribution in [0.2, 0.25) is 0 Å². The maximum Gasteiger partial charge on any atom is 0.472 e. The molecule has 0 heterocycles. The minimum Gasteiger partial charge on any atom is -0.463 e. The molecule has 0 aromatic rings. The topological polar surface area (TPSA) is 231 Å². The third-order valence-electron chi connectivity index (χ3n) is 21.2. The first-order valence-electron chi connectivity index (χ1n) is 49.8. The number of aliphatic hydroxyl groups excluding tert-OH is 2. The SMILES string of the molecule is CC/C=C\C/C=C\C/C=C\C/C=C\C/C=C\CCCCCCCC(=O)OC(COC(=O)CCCCCCCCCCCCCCCCCCC/C=C\C/C=C\C/C=C\C/C=C\CCCCC)COP(=O)(O)OCC(O)COP(=O)(O)OCC(O)COC(=O)CCCCCCCCCCCCCCCCCCC/C=C\C/C=C\C/C=C\C/C=C\CCCCC. The average Bonchev–Trinajstić information content (AvgIpc) is 0.896. The lowest BCUT2D eigenvalue weighted by Gasteiger charge is -2.21. The summed E-state index contributed by atoms with van der Waals surface area (Å²) in [6, 6.07) is 0. The van der Waals surface area contributed by atoms with Crippen molar-refractivity contribution in [2.45, 2.75) is 450 Å². The first kappa shape index (κ1) is 118. The minimum absolute atomic E-state index is 0.0802. The van der Waals surface area contributed by atoms with E-state index in [0.29, 0.717) is 19.3 Å². The lowest BCUT2D eigenvalue weighted by molar-refractivity contribution is -0.161. The maximum absolute atomic E-state index is 13.1. The number of phosphoric ester groups is 2. The second-order valence-corrected chi connectivity index (χ2v) is 36.1. The second-order valence-electron chi connectivity index (χ2n) is 33.2. The highest BCUT2D eigenvalue weighted by Gasteiger charge is 2.30. The normalized spacial score (nSPS) is 14.4. The van der Waals surface area contributed by atoms with Gasteiger partial charge in [0.25, 0.3) is 0 Å². The van der Waals surface area contributed by atoms with Crippen molar-refractivity contribution in [2.24, 2.45) is 0 Å². The molecule has 0 radical (unpaired) electrons. The van der Waals surface area contributed by atoms with Crippen LogP contribution < -0.4 is 0 Å². The van der Waals surface area contributed by atoms with E-state index in [4.69, 9.17) is 32.3 Å². The fourth-order valence-electron chi connectivity index (χ4n) is 13.7. The van der Waals surface area contributed by atoms with Crippen LogP contribution in [-0.2, 0) is 55.8 Å². The highest BCUT2D eigenvalue weighted by molar-refractivity contribution is 7.47. The smallest absolute Gasteiger partial charge is 0.463 e. The van der Waals surface area contributed by atoms with E-state index >= 15 is 0 Å². The van der Waals surface area contributed by atoms with Gasteiger partial charge in [0.2, 0.25) is 0 Å². The van der Waals surface area contributed by atoms with Crippen molar-refractivity contribution in [1.82, 2.24) is 0 Å². The number of allylic oxidation sites excluding steroid dienone is 26. The predicted octanol–water partition coefficient (Wildman–Crippen LogP) is 31.2. The van der Waals surface area contributed by atoms with Crippen molar-refractivity contribution in [3.8, 4) is 0 Å². The van der Waals surface area contributed by atoms with Crippen LogP contribution in [0.15, 0.2) is 158 Å². The Labute approximate surface area is 752 Å². The van der Waals surface area contributed by atoms with Crippen molar-refractivity contribution in [2.75, 3.05) is 39.6 Å². The summed E-state index contributed by atoms with van der Waals surface area (Å²) >= 11 is 0. The quantitative estimate of drug-likeness (QED) is 0.0146. The Morgan fingerprint density at radius 2 is 0.431 bits per heavy atom. The number of carbonyl (C=O) groups is 3. The summed E-state index contributed by atoms with van der Waals surface area (Å²) < 4.78 is 61.6. The monoisotopic (exact) mass is 1760 g/mol. The summed E-state index contributed by atoms with van der Waals surface area (Å²) in [5.41, 5.74) is 0. The number of aliphatic hydroxyl groups is 2. The zero-order chi connectivity index (χ0) is 89.3. The molecule has 0 saturated carbocycles. The van der Waals surface area contributed by atoms with Gasteiger partial charge in [0.05, 0.1) is 26.4 Å². The van der Waals surface area contributed by atoms with Crippen LogP contribution in [0.25, 0.3) is 0 Å². The maximum atomic E-state index is 13.1. The summed E-state index contributed by atoms with van der Waals surface area (Å²) in [5.74, 6) is -1.58. The van der Waals surface area contributed by atoms with Gasteiger partial charge in [-0.2, -0.15) is 0 Å². The molecule has 0 rings (SSSR count). The lowest BCUT2D eigenvalue weighted by atomic mass is 10.0. The number of phosphoric acid groups is 2. The number of esters is 3. The summed E-state index contributed by atoms with van der Waals surface area (Å²) in [6.07, 6.45) is 124. The van der Waals surface area contributed by atoms with Crippen molar-refractivity contribution in [1.29, 1.82) is 0 Å². The number of hydrogen-bond donors (Lipinski definition) is 4.